The second-order valence-electron chi connectivity index (χ2n) is 7.87. The van der Waals surface area contributed by atoms with Crippen LogP contribution in [0.1, 0.15) is 22.7 Å². The number of furan rings is 1. The van der Waals surface area contributed by atoms with Gasteiger partial charge in [-0.15, -0.1) is 0 Å². The maximum atomic E-state index is 15.2. The standard InChI is InChI=1S/C27H23N2O3P/c1-20-25(27(30)29(28-20)21-12-5-2-6-13-21)26(24-18-11-19-32-24)33(31,22-14-7-3-8-15-22)23-16-9-4-10-17-23/h2-19,26,28H,1H3. The fourth-order valence-corrected chi connectivity index (χ4v) is 7.63. The van der Waals surface area contributed by atoms with E-state index in [1.54, 1.807) is 18.4 Å². The van der Waals surface area contributed by atoms with Gasteiger partial charge in [0.2, 0.25) is 0 Å². The summed E-state index contributed by atoms with van der Waals surface area (Å²) in [5.41, 5.74) is 0.768. The molecular formula is C27H23N2O3P. The van der Waals surface area contributed by atoms with Crippen molar-refractivity contribution in [3.8, 4) is 5.69 Å². The van der Waals surface area contributed by atoms with Gasteiger partial charge in [-0.05, 0) is 31.2 Å². The molecule has 5 rings (SSSR count). The summed E-state index contributed by atoms with van der Waals surface area (Å²) >= 11 is 0. The third-order valence-electron chi connectivity index (χ3n) is 5.86. The van der Waals surface area contributed by atoms with Gasteiger partial charge in [0.1, 0.15) is 11.4 Å². The number of nitrogens with one attached hydrogen (secondary N) is 1. The van der Waals surface area contributed by atoms with E-state index in [4.69, 9.17) is 4.42 Å². The molecule has 2 heterocycles. The first-order chi connectivity index (χ1) is 16.1. The molecule has 0 fully saturated rings. The number of benzene rings is 3. The Morgan fingerprint density at radius 3 is 1.85 bits per heavy atom. The van der Waals surface area contributed by atoms with Crippen LogP contribution in [0.2, 0.25) is 0 Å². The SMILES string of the molecule is Cc1[nH]n(-c2ccccc2)c(=O)c1C(c1ccco1)P(=O)(c1ccccc1)c1ccccc1. The number of aromatic amines is 1. The molecule has 0 aliphatic rings. The molecule has 6 heteroatoms. The molecule has 1 unspecified atom stereocenters. The fraction of sp³-hybridized carbons (Fsp3) is 0.0741. The smallest absolute Gasteiger partial charge is 0.275 e. The zero-order valence-electron chi connectivity index (χ0n) is 18.1. The Morgan fingerprint density at radius 2 is 1.33 bits per heavy atom. The lowest BCUT2D eigenvalue weighted by atomic mass is 10.1. The van der Waals surface area contributed by atoms with E-state index in [1.807, 2.05) is 97.9 Å². The van der Waals surface area contributed by atoms with Crippen molar-refractivity contribution in [2.75, 3.05) is 0 Å². The van der Waals surface area contributed by atoms with Gasteiger partial charge >= 0.3 is 0 Å². The molecule has 0 bridgehead atoms. The van der Waals surface area contributed by atoms with Crippen LogP contribution in [0, 0.1) is 6.92 Å². The molecule has 5 nitrogen and oxygen atoms in total. The predicted molar refractivity (Wildman–Crippen MR) is 131 cm³/mol. The number of hydrogen-bond donors (Lipinski definition) is 1. The van der Waals surface area contributed by atoms with E-state index >= 15 is 4.57 Å². The molecule has 33 heavy (non-hydrogen) atoms. The van der Waals surface area contributed by atoms with Crippen LogP contribution in [0.4, 0.5) is 0 Å². The number of rotatable bonds is 6. The first kappa shape index (κ1) is 21.0. The van der Waals surface area contributed by atoms with Crippen molar-refractivity contribution < 1.29 is 8.98 Å². The minimum absolute atomic E-state index is 0.243. The number of nitrogens with zero attached hydrogens (tertiary/aromatic N) is 1. The summed E-state index contributed by atoms with van der Waals surface area (Å²) in [4.78, 5) is 13.8. The summed E-state index contributed by atoms with van der Waals surface area (Å²) in [5.74, 6) is 0.491. The molecule has 0 aliphatic heterocycles. The van der Waals surface area contributed by atoms with Crippen molar-refractivity contribution in [1.82, 2.24) is 9.78 Å². The van der Waals surface area contributed by atoms with Crippen molar-refractivity contribution in [1.29, 1.82) is 0 Å². The van der Waals surface area contributed by atoms with Crippen LogP contribution >= 0.6 is 7.14 Å². The Morgan fingerprint density at radius 1 is 0.788 bits per heavy atom. The van der Waals surface area contributed by atoms with Crippen molar-refractivity contribution in [2.45, 2.75) is 12.6 Å². The molecule has 164 valence electrons. The second kappa shape index (κ2) is 8.61. The third-order valence-corrected chi connectivity index (χ3v) is 9.23. The lowest BCUT2D eigenvalue weighted by Gasteiger charge is -2.27. The van der Waals surface area contributed by atoms with Crippen molar-refractivity contribution in [3.63, 3.8) is 0 Å². The van der Waals surface area contributed by atoms with Gasteiger partial charge in [0, 0.05) is 16.3 Å². The summed E-state index contributed by atoms with van der Waals surface area (Å²) in [6.07, 6.45) is 1.56. The largest absolute Gasteiger partial charge is 0.468 e. The van der Waals surface area contributed by atoms with E-state index in [0.29, 0.717) is 33.3 Å². The lowest BCUT2D eigenvalue weighted by Crippen LogP contribution is -2.26. The predicted octanol–water partition coefficient (Wildman–Crippen LogP) is 5.17. The molecule has 3 aromatic carbocycles. The highest BCUT2D eigenvalue weighted by molar-refractivity contribution is 7.79. The van der Waals surface area contributed by atoms with Gasteiger partial charge in [0.15, 0.2) is 7.14 Å². The molecule has 1 atom stereocenters. The van der Waals surface area contributed by atoms with E-state index in [1.165, 1.54) is 4.68 Å². The van der Waals surface area contributed by atoms with Crippen LogP contribution in [0.25, 0.3) is 5.69 Å². The Kier molecular flexibility index (Phi) is 5.49. The zero-order valence-corrected chi connectivity index (χ0v) is 19.0. The maximum Gasteiger partial charge on any atom is 0.275 e. The van der Waals surface area contributed by atoms with Gasteiger partial charge in [-0.2, -0.15) is 0 Å². The Balaban J connectivity index is 1.83. The number of H-pyrrole nitrogens is 1. The molecule has 0 aliphatic carbocycles. The molecule has 0 radical (unpaired) electrons. The van der Waals surface area contributed by atoms with Crippen molar-refractivity contribution in [3.05, 3.63) is 137 Å². The van der Waals surface area contributed by atoms with Crippen LogP contribution in [0.15, 0.2) is 119 Å². The van der Waals surface area contributed by atoms with Crippen LogP contribution in [0.3, 0.4) is 0 Å². The number of para-hydroxylation sites is 1. The van der Waals surface area contributed by atoms with E-state index in [0.717, 1.165) is 0 Å². The van der Waals surface area contributed by atoms with Gasteiger partial charge in [0.25, 0.3) is 5.56 Å². The fourth-order valence-electron chi connectivity index (χ4n) is 4.34. The average Bonchev–Trinajstić information content (AvgIpc) is 3.50. The molecule has 1 N–H and O–H groups in total. The van der Waals surface area contributed by atoms with E-state index < -0.39 is 12.8 Å². The van der Waals surface area contributed by atoms with Crippen LogP contribution in [-0.4, -0.2) is 9.78 Å². The lowest BCUT2D eigenvalue weighted by molar-refractivity contribution is 0.507. The minimum Gasteiger partial charge on any atom is -0.468 e. The highest BCUT2D eigenvalue weighted by atomic mass is 31.2. The van der Waals surface area contributed by atoms with Crippen LogP contribution in [0.5, 0.6) is 0 Å². The topological polar surface area (TPSA) is 68.0 Å². The Labute approximate surface area is 191 Å². The summed E-state index contributed by atoms with van der Waals surface area (Å²) in [6, 6.07) is 31.6. The van der Waals surface area contributed by atoms with Gasteiger partial charge < -0.3 is 8.98 Å². The van der Waals surface area contributed by atoms with E-state index in [-0.39, 0.29) is 5.56 Å². The number of aryl methyl sites for hydroxylation is 1. The van der Waals surface area contributed by atoms with Crippen molar-refractivity contribution >= 4 is 17.8 Å². The Bertz CT molecular complexity index is 1410. The second-order valence-corrected chi connectivity index (χ2v) is 10.7. The quantitative estimate of drug-likeness (QED) is 0.360. The molecule has 0 saturated carbocycles. The molecule has 0 spiro atoms. The van der Waals surface area contributed by atoms with Crippen LogP contribution < -0.4 is 16.2 Å². The first-order valence-corrected chi connectivity index (χ1v) is 12.5. The number of aromatic nitrogens is 2. The molecule has 5 aromatic rings. The van der Waals surface area contributed by atoms with Crippen molar-refractivity contribution in [2.24, 2.45) is 0 Å². The first-order valence-electron chi connectivity index (χ1n) is 10.7. The van der Waals surface area contributed by atoms with Gasteiger partial charge in [-0.25, -0.2) is 4.68 Å². The zero-order chi connectivity index (χ0) is 22.8. The van der Waals surface area contributed by atoms with Gasteiger partial charge in [-0.3, -0.25) is 9.89 Å². The normalized spacial score (nSPS) is 12.5. The third kappa shape index (κ3) is 3.61. The molecule has 0 saturated heterocycles. The highest BCUT2D eigenvalue weighted by Gasteiger charge is 2.43. The summed E-state index contributed by atoms with van der Waals surface area (Å²) in [5, 5.41) is 4.53. The van der Waals surface area contributed by atoms with E-state index in [9.17, 15) is 4.79 Å². The summed E-state index contributed by atoms with van der Waals surface area (Å²) in [7, 11) is -3.40. The monoisotopic (exact) mass is 454 g/mol. The molecule has 0 amide bonds. The highest BCUT2D eigenvalue weighted by Crippen LogP contribution is 2.60. The molecule has 2 aromatic heterocycles. The maximum absolute atomic E-state index is 15.2. The van der Waals surface area contributed by atoms with Crippen LogP contribution in [-0.2, 0) is 4.57 Å². The summed E-state index contributed by atoms with van der Waals surface area (Å²) < 4.78 is 22.6. The summed E-state index contributed by atoms with van der Waals surface area (Å²) in [6.45, 7) is 1.84. The Hall–Kier alpha value is -3.82. The van der Waals surface area contributed by atoms with Gasteiger partial charge in [-0.1, -0.05) is 78.9 Å². The number of hydrogen-bond acceptors (Lipinski definition) is 3. The van der Waals surface area contributed by atoms with Gasteiger partial charge in [0.05, 0.1) is 17.5 Å². The average molecular weight is 454 g/mol. The van der Waals surface area contributed by atoms with E-state index in [2.05, 4.69) is 5.10 Å². The molecular weight excluding hydrogens is 431 g/mol. The minimum atomic E-state index is -3.40.